The number of hydrogen-bond donors (Lipinski definition) is 0. The number of aryl methyl sites for hydroxylation is 1. The van der Waals surface area contributed by atoms with Crippen molar-refractivity contribution in [2.24, 2.45) is 0 Å². The van der Waals surface area contributed by atoms with Gasteiger partial charge in [-0.3, -0.25) is 4.79 Å². The van der Waals surface area contributed by atoms with E-state index >= 15 is 0 Å². The first kappa shape index (κ1) is 19.2. The third-order valence-electron chi connectivity index (χ3n) is 4.36. The maximum Gasteiger partial charge on any atom is 0.233 e. The summed E-state index contributed by atoms with van der Waals surface area (Å²) in [4.78, 5) is 14.9. The van der Waals surface area contributed by atoms with Gasteiger partial charge in [-0.15, -0.1) is 11.8 Å². The molecule has 3 heteroatoms. The van der Waals surface area contributed by atoms with Gasteiger partial charge in [-0.25, -0.2) is 0 Å². The first-order valence-corrected chi connectivity index (χ1v) is 10.3. The Kier molecular flexibility index (Phi) is 7.11. The van der Waals surface area contributed by atoms with Crippen molar-refractivity contribution in [1.82, 2.24) is 4.90 Å². The predicted octanol–water partition coefficient (Wildman–Crippen LogP) is 5.46. The molecule has 0 fully saturated rings. The van der Waals surface area contributed by atoms with E-state index in [2.05, 4.69) is 55.5 Å². The number of thioether (sulfide) groups is 1. The monoisotopic (exact) mass is 375 g/mol. The topological polar surface area (TPSA) is 20.3 Å². The fourth-order valence-corrected chi connectivity index (χ4v) is 3.86. The van der Waals surface area contributed by atoms with Gasteiger partial charge in [0.15, 0.2) is 0 Å². The highest BCUT2D eigenvalue weighted by molar-refractivity contribution is 7.99. The Hall–Kier alpha value is -2.52. The van der Waals surface area contributed by atoms with Crippen molar-refractivity contribution in [2.45, 2.75) is 25.8 Å². The molecule has 0 saturated heterocycles. The molecule has 3 rings (SSSR count). The summed E-state index contributed by atoms with van der Waals surface area (Å²) in [5, 5.41) is 0. The molecule has 27 heavy (non-hydrogen) atoms. The van der Waals surface area contributed by atoms with E-state index in [1.54, 1.807) is 11.8 Å². The Labute approximate surface area is 166 Å². The van der Waals surface area contributed by atoms with Gasteiger partial charge in [-0.1, -0.05) is 90.5 Å². The minimum atomic E-state index is 0.181. The average Bonchev–Trinajstić information content (AvgIpc) is 2.69. The summed E-state index contributed by atoms with van der Waals surface area (Å²) in [7, 11) is 0. The van der Waals surface area contributed by atoms with E-state index in [0.29, 0.717) is 18.8 Å². The zero-order valence-corrected chi connectivity index (χ0v) is 16.5. The molecule has 3 aromatic rings. The van der Waals surface area contributed by atoms with Crippen molar-refractivity contribution in [3.05, 3.63) is 107 Å². The first-order chi connectivity index (χ1) is 13.2. The summed E-state index contributed by atoms with van der Waals surface area (Å²) < 4.78 is 0. The summed E-state index contributed by atoms with van der Waals surface area (Å²) in [5.41, 5.74) is 4.84. The van der Waals surface area contributed by atoms with Crippen LogP contribution < -0.4 is 0 Å². The van der Waals surface area contributed by atoms with Gasteiger partial charge in [-0.05, 0) is 23.6 Å². The van der Waals surface area contributed by atoms with Gasteiger partial charge >= 0.3 is 0 Å². The summed E-state index contributed by atoms with van der Waals surface area (Å²) in [6.07, 6.45) is 0. The molecule has 0 bridgehead atoms. The van der Waals surface area contributed by atoms with E-state index in [4.69, 9.17) is 0 Å². The van der Waals surface area contributed by atoms with Gasteiger partial charge in [-0.2, -0.15) is 0 Å². The van der Waals surface area contributed by atoms with E-state index in [-0.39, 0.29) is 5.91 Å². The van der Waals surface area contributed by atoms with Gasteiger partial charge in [0.1, 0.15) is 0 Å². The highest BCUT2D eigenvalue weighted by Gasteiger charge is 2.14. The zero-order chi connectivity index (χ0) is 18.9. The molecule has 138 valence electrons. The van der Waals surface area contributed by atoms with Crippen molar-refractivity contribution in [3.8, 4) is 0 Å². The standard InChI is InChI=1S/C24H25NOS/c1-20-9-8-14-23(15-20)18-27-19-24(26)25(16-21-10-4-2-5-11-21)17-22-12-6-3-7-13-22/h2-15H,16-19H2,1H3. The lowest BCUT2D eigenvalue weighted by Gasteiger charge is -2.23. The third kappa shape index (κ3) is 6.30. The van der Waals surface area contributed by atoms with Gasteiger partial charge in [0.25, 0.3) is 0 Å². The van der Waals surface area contributed by atoms with E-state index < -0.39 is 0 Å². The van der Waals surface area contributed by atoms with Crippen LogP contribution in [0.25, 0.3) is 0 Å². The maximum atomic E-state index is 12.9. The Morgan fingerprint density at radius 2 is 1.33 bits per heavy atom. The number of carbonyl (C=O) groups is 1. The number of amides is 1. The van der Waals surface area contributed by atoms with Crippen LogP contribution in [0.3, 0.4) is 0 Å². The molecule has 0 aromatic heterocycles. The average molecular weight is 376 g/mol. The first-order valence-electron chi connectivity index (χ1n) is 9.19. The highest BCUT2D eigenvalue weighted by Crippen LogP contribution is 2.16. The Bertz CT molecular complexity index is 807. The van der Waals surface area contributed by atoms with Crippen LogP contribution in [-0.2, 0) is 23.6 Å². The molecule has 0 heterocycles. The van der Waals surface area contributed by atoms with Crippen LogP contribution in [0.5, 0.6) is 0 Å². The summed E-state index contributed by atoms with van der Waals surface area (Å²) in [6.45, 7) is 3.37. The lowest BCUT2D eigenvalue weighted by Crippen LogP contribution is -2.31. The summed E-state index contributed by atoms with van der Waals surface area (Å²) >= 11 is 1.68. The van der Waals surface area contributed by atoms with Gasteiger partial charge in [0, 0.05) is 18.8 Å². The van der Waals surface area contributed by atoms with Crippen LogP contribution in [0, 0.1) is 6.92 Å². The fourth-order valence-electron chi connectivity index (χ4n) is 2.99. The second-order valence-electron chi connectivity index (χ2n) is 6.70. The van der Waals surface area contributed by atoms with Gasteiger partial charge in [0.2, 0.25) is 5.91 Å². The molecule has 0 atom stereocenters. The van der Waals surface area contributed by atoms with Crippen LogP contribution in [0.4, 0.5) is 0 Å². The molecule has 3 aromatic carbocycles. The number of rotatable bonds is 8. The molecule has 0 unspecified atom stereocenters. The van der Waals surface area contributed by atoms with Crippen LogP contribution in [0.2, 0.25) is 0 Å². The van der Waals surface area contributed by atoms with Crippen molar-refractivity contribution in [2.75, 3.05) is 5.75 Å². The highest BCUT2D eigenvalue weighted by atomic mass is 32.2. The lowest BCUT2D eigenvalue weighted by atomic mass is 10.1. The quantitative estimate of drug-likeness (QED) is 0.521. The fraction of sp³-hybridized carbons (Fsp3) is 0.208. The number of hydrogen-bond acceptors (Lipinski definition) is 2. The molecule has 0 N–H and O–H groups in total. The number of nitrogens with zero attached hydrogens (tertiary/aromatic N) is 1. The molecule has 0 aliphatic heterocycles. The predicted molar refractivity (Wildman–Crippen MR) is 114 cm³/mol. The van der Waals surface area contributed by atoms with E-state index in [0.717, 1.165) is 16.9 Å². The van der Waals surface area contributed by atoms with Crippen LogP contribution >= 0.6 is 11.8 Å². The maximum absolute atomic E-state index is 12.9. The molecule has 0 radical (unpaired) electrons. The lowest BCUT2D eigenvalue weighted by molar-refractivity contribution is -0.129. The normalized spacial score (nSPS) is 10.6. The Balaban J connectivity index is 1.62. The van der Waals surface area contributed by atoms with E-state index in [1.807, 2.05) is 41.3 Å². The minimum absolute atomic E-state index is 0.181. The van der Waals surface area contributed by atoms with Gasteiger partial charge < -0.3 is 4.90 Å². The molecular weight excluding hydrogens is 350 g/mol. The summed E-state index contributed by atoms with van der Waals surface area (Å²) in [5.74, 6) is 1.53. The number of carbonyl (C=O) groups excluding carboxylic acids is 1. The Morgan fingerprint density at radius 1 is 0.778 bits per heavy atom. The van der Waals surface area contributed by atoms with Gasteiger partial charge in [0.05, 0.1) is 5.75 Å². The Morgan fingerprint density at radius 3 is 1.89 bits per heavy atom. The SMILES string of the molecule is Cc1cccc(CSCC(=O)N(Cc2ccccc2)Cc2ccccc2)c1. The molecule has 0 aliphatic carbocycles. The molecular formula is C24H25NOS. The van der Waals surface area contributed by atoms with Crippen molar-refractivity contribution < 1.29 is 4.79 Å². The second kappa shape index (κ2) is 9.98. The summed E-state index contributed by atoms with van der Waals surface area (Å²) in [6, 6.07) is 28.9. The zero-order valence-electron chi connectivity index (χ0n) is 15.7. The molecule has 1 amide bonds. The van der Waals surface area contributed by atoms with E-state index in [9.17, 15) is 4.79 Å². The second-order valence-corrected chi connectivity index (χ2v) is 7.69. The van der Waals surface area contributed by atoms with E-state index in [1.165, 1.54) is 11.1 Å². The largest absolute Gasteiger partial charge is 0.333 e. The molecule has 0 spiro atoms. The van der Waals surface area contributed by atoms with Crippen LogP contribution in [-0.4, -0.2) is 16.6 Å². The minimum Gasteiger partial charge on any atom is -0.333 e. The van der Waals surface area contributed by atoms with Crippen LogP contribution in [0.1, 0.15) is 22.3 Å². The molecule has 0 saturated carbocycles. The molecule has 0 aliphatic rings. The van der Waals surface area contributed by atoms with Crippen LogP contribution in [0.15, 0.2) is 84.9 Å². The van der Waals surface area contributed by atoms with Crippen molar-refractivity contribution in [1.29, 1.82) is 0 Å². The van der Waals surface area contributed by atoms with Crippen molar-refractivity contribution in [3.63, 3.8) is 0 Å². The van der Waals surface area contributed by atoms with Crippen molar-refractivity contribution >= 4 is 17.7 Å². The third-order valence-corrected chi connectivity index (χ3v) is 5.35. The number of benzene rings is 3. The smallest absolute Gasteiger partial charge is 0.233 e. The molecule has 2 nitrogen and oxygen atoms in total.